The van der Waals surface area contributed by atoms with Crippen molar-refractivity contribution in [1.29, 1.82) is 0 Å². The van der Waals surface area contributed by atoms with E-state index < -0.39 is 0 Å². The van der Waals surface area contributed by atoms with Crippen LogP contribution in [0.2, 0.25) is 0 Å². The van der Waals surface area contributed by atoms with E-state index in [2.05, 4.69) is 20.5 Å². The minimum absolute atomic E-state index is 0.0290. The Bertz CT molecular complexity index is 1170. The molecular weight excluding hydrogens is 436 g/mol. The van der Waals surface area contributed by atoms with E-state index in [1.807, 2.05) is 26.1 Å². The summed E-state index contributed by atoms with van der Waals surface area (Å²) < 4.78 is 18.7. The van der Waals surface area contributed by atoms with Gasteiger partial charge in [0, 0.05) is 13.5 Å². The zero-order valence-electron chi connectivity index (χ0n) is 19.9. The standard InChI is InChI=1S/C24H30N6O4/c1-14-20(33-17-6-4-5-16(12-17)24(31)32-3)10-9-18(25-14)23-19(30(2)29-28-23)13-22-27-26-21(34-22)11-15-7-8-15/h9-10,15-17H,4-8,11-13H2,1-3H3/t16-,17-/m0/s1. The maximum Gasteiger partial charge on any atom is 0.308 e. The lowest BCUT2D eigenvalue weighted by Gasteiger charge is -2.28. The number of hydrogen-bond donors (Lipinski definition) is 0. The van der Waals surface area contributed by atoms with E-state index >= 15 is 0 Å². The van der Waals surface area contributed by atoms with Gasteiger partial charge in [-0.3, -0.25) is 9.48 Å². The Labute approximate surface area is 198 Å². The van der Waals surface area contributed by atoms with E-state index in [1.54, 1.807) is 4.68 Å². The van der Waals surface area contributed by atoms with Crippen molar-refractivity contribution in [2.75, 3.05) is 7.11 Å². The molecule has 0 amide bonds. The predicted molar refractivity (Wildman–Crippen MR) is 121 cm³/mol. The summed E-state index contributed by atoms with van der Waals surface area (Å²) in [7, 11) is 3.28. The number of pyridine rings is 1. The van der Waals surface area contributed by atoms with Crippen molar-refractivity contribution < 1.29 is 18.7 Å². The summed E-state index contributed by atoms with van der Waals surface area (Å²) in [6.07, 6.45) is 7.11. The van der Waals surface area contributed by atoms with Crippen molar-refractivity contribution in [3.05, 3.63) is 35.3 Å². The van der Waals surface area contributed by atoms with E-state index in [1.165, 1.54) is 20.0 Å². The Balaban J connectivity index is 1.30. The van der Waals surface area contributed by atoms with Gasteiger partial charge in [0.25, 0.3) is 0 Å². The highest BCUT2D eigenvalue weighted by Gasteiger charge is 2.29. The molecular formula is C24H30N6O4. The van der Waals surface area contributed by atoms with Gasteiger partial charge in [-0.2, -0.15) is 0 Å². The highest BCUT2D eigenvalue weighted by atomic mass is 16.5. The third-order valence-electron chi connectivity index (χ3n) is 6.66. The lowest BCUT2D eigenvalue weighted by Crippen LogP contribution is -2.30. The minimum atomic E-state index is -0.158. The van der Waals surface area contributed by atoms with Crippen molar-refractivity contribution >= 4 is 5.97 Å². The summed E-state index contributed by atoms with van der Waals surface area (Å²) >= 11 is 0. The van der Waals surface area contributed by atoms with E-state index in [0.717, 1.165) is 37.1 Å². The summed E-state index contributed by atoms with van der Waals surface area (Å²) in [5, 5.41) is 16.9. The summed E-state index contributed by atoms with van der Waals surface area (Å²) in [5.41, 5.74) is 3.01. The molecule has 0 bridgehead atoms. The molecule has 180 valence electrons. The maximum absolute atomic E-state index is 11.9. The molecule has 2 fully saturated rings. The molecule has 3 aromatic rings. The lowest BCUT2D eigenvalue weighted by atomic mass is 9.87. The van der Waals surface area contributed by atoms with Gasteiger partial charge in [0.2, 0.25) is 11.8 Å². The molecule has 2 aliphatic carbocycles. The van der Waals surface area contributed by atoms with Crippen LogP contribution in [-0.2, 0) is 29.4 Å². The first-order valence-corrected chi connectivity index (χ1v) is 11.9. The van der Waals surface area contributed by atoms with Crippen LogP contribution < -0.4 is 4.74 Å². The molecule has 0 N–H and O–H groups in total. The van der Waals surface area contributed by atoms with Crippen LogP contribution in [0.3, 0.4) is 0 Å². The van der Waals surface area contributed by atoms with E-state index in [4.69, 9.17) is 18.9 Å². The second-order valence-electron chi connectivity index (χ2n) is 9.33. The van der Waals surface area contributed by atoms with E-state index in [9.17, 15) is 4.79 Å². The van der Waals surface area contributed by atoms with Gasteiger partial charge in [0.1, 0.15) is 11.4 Å². The van der Waals surface area contributed by atoms with Crippen LogP contribution >= 0.6 is 0 Å². The van der Waals surface area contributed by atoms with Crippen LogP contribution in [0.4, 0.5) is 0 Å². The van der Waals surface area contributed by atoms with Gasteiger partial charge in [0.15, 0.2) is 0 Å². The van der Waals surface area contributed by atoms with Crippen LogP contribution in [-0.4, -0.2) is 49.4 Å². The fourth-order valence-electron chi connectivity index (χ4n) is 4.55. The summed E-state index contributed by atoms with van der Waals surface area (Å²) in [6.45, 7) is 1.91. The van der Waals surface area contributed by atoms with Crippen LogP contribution in [0, 0.1) is 18.8 Å². The summed E-state index contributed by atoms with van der Waals surface area (Å²) in [5.74, 6) is 2.39. The molecule has 2 atom stereocenters. The number of methoxy groups -OCH3 is 1. The van der Waals surface area contributed by atoms with Gasteiger partial charge in [0.05, 0.1) is 42.6 Å². The maximum atomic E-state index is 11.9. The highest BCUT2D eigenvalue weighted by Crippen LogP contribution is 2.33. The van der Waals surface area contributed by atoms with E-state index in [0.29, 0.717) is 47.7 Å². The molecule has 3 heterocycles. The SMILES string of the molecule is COC(=O)[C@H]1CCC[C@H](Oc2ccc(-c3nnn(C)c3Cc3nnc(CC4CC4)o3)nc2C)C1. The molecule has 5 rings (SSSR count). The zero-order valence-corrected chi connectivity index (χ0v) is 19.9. The second-order valence-corrected chi connectivity index (χ2v) is 9.33. The van der Waals surface area contributed by atoms with Gasteiger partial charge in [-0.25, -0.2) is 4.98 Å². The van der Waals surface area contributed by atoms with Gasteiger partial charge >= 0.3 is 5.97 Å². The van der Waals surface area contributed by atoms with Crippen molar-refractivity contribution in [2.45, 2.75) is 64.4 Å². The third-order valence-corrected chi connectivity index (χ3v) is 6.66. The fourth-order valence-corrected chi connectivity index (χ4v) is 4.55. The average molecular weight is 467 g/mol. The van der Waals surface area contributed by atoms with Gasteiger partial charge in [-0.15, -0.1) is 15.3 Å². The van der Waals surface area contributed by atoms with Gasteiger partial charge < -0.3 is 13.9 Å². The molecule has 0 spiro atoms. The van der Waals surface area contributed by atoms with Crippen molar-refractivity contribution in [3.8, 4) is 17.1 Å². The highest BCUT2D eigenvalue weighted by molar-refractivity contribution is 5.72. The topological polar surface area (TPSA) is 118 Å². The number of aromatic nitrogens is 6. The quantitative estimate of drug-likeness (QED) is 0.461. The molecule has 0 aromatic carbocycles. The molecule has 3 aromatic heterocycles. The third kappa shape index (κ3) is 4.95. The monoisotopic (exact) mass is 466 g/mol. The zero-order chi connectivity index (χ0) is 23.7. The van der Waals surface area contributed by atoms with Crippen LogP contribution in [0.15, 0.2) is 16.5 Å². The second kappa shape index (κ2) is 9.52. The fraction of sp³-hybridized carbons (Fsp3) is 0.583. The van der Waals surface area contributed by atoms with Crippen LogP contribution in [0.25, 0.3) is 11.4 Å². The molecule has 34 heavy (non-hydrogen) atoms. The summed E-state index contributed by atoms with van der Waals surface area (Å²) in [6, 6.07) is 3.81. The van der Waals surface area contributed by atoms with Crippen LogP contribution in [0.5, 0.6) is 5.75 Å². The normalized spacial score (nSPS) is 20.3. The van der Waals surface area contributed by atoms with Crippen molar-refractivity contribution in [3.63, 3.8) is 0 Å². The molecule has 10 nitrogen and oxygen atoms in total. The van der Waals surface area contributed by atoms with Crippen molar-refractivity contribution in [2.24, 2.45) is 18.9 Å². The first kappa shape index (κ1) is 22.5. The molecule has 0 saturated heterocycles. The predicted octanol–water partition coefficient (Wildman–Crippen LogP) is 3.22. The Hall–Kier alpha value is -3.30. The number of aryl methyl sites for hydroxylation is 2. The molecule has 10 heteroatoms. The lowest BCUT2D eigenvalue weighted by molar-refractivity contribution is -0.147. The number of rotatable bonds is 8. The number of nitrogens with zero attached hydrogens (tertiary/aromatic N) is 6. The van der Waals surface area contributed by atoms with Crippen LogP contribution in [0.1, 0.15) is 61.7 Å². The Morgan fingerprint density at radius 1 is 1.15 bits per heavy atom. The van der Waals surface area contributed by atoms with Gasteiger partial charge in [-0.05, 0) is 63.5 Å². The molecule has 2 aliphatic rings. The van der Waals surface area contributed by atoms with Gasteiger partial charge in [-0.1, -0.05) is 5.21 Å². The number of carbonyl (C=O) groups is 1. The molecule has 0 radical (unpaired) electrons. The molecule has 0 aliphatic heterocycles. The Morgan fingerprint density at radius 3 is 2.74 bits per heavy atom. The van der Waals surface area contributed by atoms with Crippen molar-refractivity contribution in [1.82, 2.24) is 30.2 Å². The Kier molecular flexibility index (Phi) is 6.30. The smallest absolute Gasteiger partial charge is 0.308 e. The molecule has 0 unspecified atom stereocenters. The Morgan fingerprint density at radius 2 is 1.97 bits per heavy atom. The number of ether oxygens (including phenoxy) is 2. The van der Waals surface area contributed by atoms with E-state index in [-0.39, 0.29) is 18.0 Å². The minimum Gasteiger partial charge on any atom is -0.489 e. The largest absolute Gasteiger partial charge is 0.489 e. The number of esters is 1. The number of carbonyl (C=O) groups excluding carboxylic acids is 1. The molecule has 2 saturated carbocycles. The average Bonchev–Trinajstić information content (AvgIpc) is 3.43. The first-order valence-electron chi connectivity index (χ1n) is 11.9. The first-order chi connectivity index (χ1) is 16.5. The summed E-state index contributed by atoms with van der Waals surface area (Å²) in [4.78, 5) is 16.7. The number of hydrogen-bond acceptors (Lipinski definition) is 9.